The van der Waals surface area contributed by atoms with E-state index in [2.05, 4.69) is 11.9 Å². The Kier molecular flexibility index (Phi) is 4.90. The lowest BCUT2D eigenvalue weighted by Gasteiger charge is -2.21. The van der Waals surface area contributed by atoms with Crippen LogP contribution in [0.1, 0.15) is 27.2 Å². The molecular weight excluding hydrogens is 234 g/mol. The third-order valence-electron chi connectivity index (χ3n) is 2.60. The molecule has 1 aliphatic rings. The molecule has 0 bridgehead atoms. The molecule has 0 aromatic rings. The predicted molar refractivity (Wildman–Crippen MR) is 67.3 cm³/mol. The van der Waals surface area contributed by atoms with E-state index in [1.54, 1.807) is 20.8 Å². The Morgan fingerprint density at radius 3 is 2.72 bits per heavy atom. The van der Waals surface area contributed by atoms with Crippen molar-refractivity contribution in [1.29, 1.82) is 0 Å². The first kappa shape index (κ1) is 14.7. The van der Waals surface area contributed by atoms with Gasteiger partial charge in [0.2, 0.25) is 0 Å². The Bertz CT molecular complexity index is 332. The highest BCUT2D eigenvalue weighted by Gasteiger charge is 2.33. The average molecular weight is 255 g/mol. The quantitative estimate of drug-likeness (QED) is 0.776. The molecule has 2 unspecified atom stereocenters. The number of ketones is 1. The number of nitrogens with one attached hydrogen (secondary N) is 1. The van der Waals surface area contributed by atoms with E-state index in [4.69, 9.17) is 9.47 Å². The molecule has 1 amide bonds. The SMILES string of the molecule is C=CC(=O)C1OCCC1CNC(=O)OC(C)(C)C. The minimum atomic E-state index is -0.521. The van der Waals surface area contributed by atoms with Crippen molar-refractivity contribution in [2.24, 2.45) is 5.92 Å². The first-order valence-corrected chi connectivity index (χ1v) is 6.08. The van der Waals surface area contributed by atoms with E-state index >= 15 is 0 Å². The number of rotatable bonds is 4. The van der Waals surface area contributed by atoms with E-state index in [1.807, 2.05) is 0 Å². The summed E-state index contributed by atoms with van der Waals surface area (Å²) in [5.74, 6) is -0.147. The molecule has 1 rings (SSSR count). The van der Waals surface area contributed by atoms with Gasteiger partial charge in [-0.3, -0.25) is 4.79 Å². The lowest BCUT2D eigenvalue weighted by atomic mass is 9.98. The van der Waals surface area contributed by atoms with Crippen LogP contribution in [0, 0.1) is 5.92 Å². The van der Waals surface area contributed by atoms with Gasteiger partial charge in [0.15, 0.2) is 5.78 Å². The second kappa shape index (κ2) is 6.00. The number of carbonyl (C=O) groups excluding carboxylic acids is 2. The molecule has 1 N–H and O–H groups in total. The molecule has 0 aliphatic carbocycles. The van der Waals surface area contributed by atoms with Crippen molar-refractivity contribution in [3.8, 4) is 0 Å². The first-order chi connectivity index (χ1) is 8.33. The summed E-state index contributed by atoms with van der Waals surface area (Å²) in [6, 6.07) is 0. The maximum Gasteiger partial charge on any atom is 0.407 e. The first-order valence-electron chi connectivity index (χ1n) is 6.08. The summed E-state index contributed by atoms with van der Waals surface area (Å²) in [7, 11) is 0. The van der Waals surface area contributed by atoms with Crippen LogP contribution in [0.4, 0.5) is 4.79 Å². The van der Waals surface area contributed by atoms with Gasteiger partial charge in [-0.25, -0.2) is 4.79 Å². The molecule has 0 saturated carbocycles. The molecule has 5 nitrogen and oxygen atoms in total. The number of alkyl carbamates (subject to hydrolysis) is 1. The molecule has 1 heterocycles. The lowest BCUT2D eigenvalue weighted by molar-refractivity contribution is -0.124. The van der Waals surface area contributed by atoms with Crippen molar-refractivity contribution in [2.45, 2.75) is 38.9 Å². The van der Waals surface area contributed by atoms with Crippen LogP contribution < -0.4 is 5.32 Å². The van der Waals surface area contributed by atoms with Crippen molar-refractivity contribution >= 4 is 11.9 Å². The Morgan fingerprint density at radius 1 is 1.50 bits per heavy atom. The fourth-order valence-corrected chi connectivity index (χ4v) is 1.80. The minimum Gasteiger partial charge on any atom is -0.444 e. The van der Waals surface area contributed by atoms with Crippen LogP contribution >= 0.6 is 0 Å². The van der Waals surface area contributed by atoms with E-state index in [9.17, 15) is 9.59 Å². The van der Waals surface area contributed by atoms with E-state index < -0.39 is 17.8 Å². The Morgan fingerprint density at radius 2 is 2.17 bits per heavy atom. The summed E-state index contributed by atoms with van der Waals surface area (Å²) in [6.07, 6.45) is 1.05. The van der Waals surface area contributed by atoms with Gasteiger partial charge in [0.25, 0.3) is 0 Å². The molecule has 0 radical (unpaired) electrons. The molecule has 0 aromatic heterocycles. The largest absolute Gasteiger partial charge is 0.444 e. The van der Waals surface area contributed by atoms with Crippen LogP contribution in [-0.2, 0) is 14.3 Å². The van der Waals surface area contributed by atoms with Gasteiger partial charge in [-0.15, -0.1) is 0 Å². The summed E-state index contributed by atoms with van der Waals surface area (Å²) in [6.45, 7) is 9.75. The van der Waals surface area contributed by atoms with E-state index in [-0.39, 0.29) is 11.7 Å². The summed E-state index contributed by atoms with van der Waals surface area (Å²) in [5.41, 5.74) is -0.521. The average Bonchev–Trinajstić information content (AvgIpc) is 2.71. The van der Waals surface area contributed by atoms with Crippen LogP contribution in [0.3, 0.4) is 0 Å². The predicted octanol–water partition coefficient (Wildman–Crippen LogP) is 1.67. The molecule has 0 aromatic carbocycles. The second-order valence-corrected chi connectivity index (χ2v) is 5.33. The van der Waals surface area contributed by atoms with Crippen LogP contribution in [0.25, 0.3) is 0 Å². The monoisotopic (exact) mass is 255 g/mol. The number of amides is 1. The molecule has 18 heavy (non-hydrogen) atoms. The summed E-state index contributed by atoms with van der Waals surface area (Å²) < 4.78 is 10.5. The van der Waals surface area contributed by atoms with E-state index in [0.717, 1.165) is 6.42 Å². The molecule has 1 fully saturated rings. The number of hydrogen-bond acceptors (Lipinski definition) is 4. The summed E-state index contributed by atoms with van der Waals surface area (Å²) >= 11 is 0. The summed E-state index contributed by atoms with van der Waals surface area (Å²) in [4.78, 5) is 23.0. The van der Waals surface area contributed by atoms with Crippen LogP contribution in [0.5, 0.6) is 0 Å². The minimum absolute atomic E-state index is 0.0111. The van der Waals surface area contributed by atoms with Gasteiger partial charge in [0, 0.05) is 19.1 Å². The van der Waals surface area contributed by atoms with Gasteiger partial charge < -0.3 is 14.8 Å². The zero-order chi connectivity index (χ0) is 13.8. The normalized spacial score (nSPS) is 23.5. The van der Waals surface area contributed by atoms with Crippen molar-refractivity contribution < 1.29 is 19.1 Å². The van der Waals surface area contributed by atoms with Crippen molar-refractivity contribution in [2.75, 3.05) is 13.2 Å². The van der Waals surface area contributed by atoms with E-state index in [1.165, 1.54) is 6.08 Å². The molecule has 102 valence electrons. The number of ether oxygens (including phenoxy) is 2. The Balaban J connectivity index is 2.41. The van der Waals surface area contributed by atoms with Crippen molar-refractivity contribution in [3.63, 3.8) is 0 Å². The zero-order valence-electron chi connectivity index (χ0n) is 11.2. The smallest absolute Gasteiger partial charge is 0.407 e. The molecule has 1 saturated heterocycles. The zero-order valence-corrected chi connectivity index (χ0v) is 11.2. The Hall–Kier alpha value is -1.36. The highest BCUT2D eigenvalue weighted by Crippen LogP contribution is 2.21. The lowest BCUT2D eigenvalue weighted by Crippen LogP contribution is -2.38. The standard InChI is InChI=1S/C13H21NO4/c1-5-10(15)11-9(6-7-17-11)8-14-12(16)18-13(2,3)4/h5,9,11H,1,6-8H2,2-4H3,(H,14,16). The van der Waals surface area contributed by atoms with Crippen LogP contribution in [0.2, 0.25) is 0 Å². The molecule has 5 heteroatoms. The second-order valence-electron chi connectivity index (χ2n) is 5.33. The molecular formula is C13H21NO4. The summed E-state index contributed by atoms with van der Waals surface area (Å²) in [5, 5.41) is 2.66. The van der Waals surface area contributed by atoms with Gasteiger partial charge in [-0.05, 0) is 33.3 Å². The van der Waals surface area contributed by atoms with Gasteiger partial charge >= 0.3 is 6.09 Å². The molecule has 2 atom stereocenters. The maximum absolute atomic E-state index is 11.5. The van der Waals surface area contributed by atoms with Crippen LogP contribution in [0.15, 0.2) is 12.7 Å². The maximum atomic E-state index is 11.5. The Labute approximate surface area is 108 Å². The highest BCUT2D eigenvalue weighted by atomic mass is 16.6. The number of carbonyl (C=O) groups is 2. The van der Waals surface area contributed by atoms with Gasteiger partial charge in [0.1, 0.15) is 11.7 Å². The van der Waals surface area contributed by atoms with E-state index in [0.29, 0.717) is 13.2 Å². The van der Waals surface area contributed by atoms with Crippen LogP contribution in [-0.4, -0.2) is 36.7 Å². The third-order valence-corrected chi connectivity index (χ3v) is 2.60. The van der Waals surface area contributed by atoms with Crippen molar-refractivity contribution in [1.82, 2.24) is 5.32 Å². The van der Waals surface area contributed by atoms with Crippen molar-refractivity contribution in [3.05, 3.63) is 12.7 Å². The third kappa shape index (κ3) is 4.49. The highest BCUT2D eigenvalue weighted by molar-refractivity contribution is 5.93. The van der Waals surface area contributed by atoms with Gasteiger partial charge in [-0.1, -0.05) is 6.58 Å². The van der Waals surface area contributed by atoms with Gasteiger partial charge in [-0.2, -0.15) is 0 Å². The topological polar surface area (TPSA) is 64.6 Å². The number of hydrogen-bond donors (Lipinski definition) is 1. The van der Waals surface area contributed by atoms with Gasteiger partial charge in [0.05, 0.1) is 0 Å². The fraction of sp³-hybridized carbons (Fsp3) is 0.692. The molecule has 0 spiro atoms. The fourth-order valence-electron chi connectivity index (χ4n) is 1.80. The molecule has 1 aliphatic heterocycles.